The van der Waals surface area contributed by atoms with Gasteiger partial charge in [0.25, 0.3) is 0 Å². The molecule has 0 aromatic heterocycles. The summed E-state index contributed by atoms with van der Waals surface area (Å²) in [5.41, 5.74) is 2.50. The van der Waals surface area contributed by atoms with Crippen molar-refractivity contribution in [3.63, 3.8) is 0 Å². The number of ketones is 1. The molecule has 0 saturated heterocycles. The lowest BCUT2D eigenvalue weighted by molar-refractivity contribution is -0.119. The summed E-state index contributed by atoms with van der Waals surface area (Å²) in [5, 5.41) is 0. The predicted molar refractivity (Wildman–Crippen MR) is 55.6 cm³/mol. The lowest BCUT2D eigenvalue weighted by atomic mass is 9.91. The molecule has 0 N–H and O–H groups in total. The minimum atomic E-state index is 0.211. The van der Waals surface area contributed by atoms with E-state index in [0.29, 0.717) is 11.7 Å². The molecule has 14 heavy (non-hydrogen) atoms. The van der Waals surface area contributed by atoms with Gasteiger partial charge in [-0.05, 0) is 23.5 Å². The summed E-state index contributed by atoms with van der Waals surface area (Å²) in [4.78, 5) is 11.6. The molecule has 0 heterocycles. The number of hydrogen-bond donors (Lipinski definition) is 0. The second kappa shape index (κ2) is 2.81. The minimum Gasteiger partial charge on any atom is -0.299 e. The largest absolute Gasteiger partial charge is 0.299 e. The van der Waals surface area contributed by atoms with E-state index in [2.05, 4.69) is 18.2 Å². The van der Waals surface area contributed by atoms with Crippen LogP contribution in [-0.4, -0.2) is 5.78 Å². The quantitative estimate of drug-likeness (QED) is 0.655. The molecule has 0 radical (unpaired) electrons. The van der Waals surface area contributed by atoms with Gasteiger partial charge in [-0.25, -0.2) is 0 Å². The van der Waals surface area contributed by atoms with Crippen molar-refractivity contribution >= 4 is 11.4 Å². The van der Waals surface area contributed by atoms with Gasteiger partial charge in [0, 0.05) is 12.3 Å². The summed E-state index contributed by atoms with van der Waals surface area (Å²) < 4.78 is 0. The second-order valence-electron chi connectivity index (χ2n) is 4.21. The van der Waals surface area contributed by atoms with Crippen LogP contribution in [0.25, 0.3) is 5.57 Å². The van der Waals surface area contributed by atoms with Crippen molar-refractivity contribution in [2.45, 2.75) is 12.8 Å². The molecule has 1 nitrogen and oxygen atoms in total. The van der Waals surface area contributed by atoms with Crippen LogP contribution < -0.4 is 0 Å². The van der Waals surface area contributed by atoms with E-state index in [1.807, 2.05) is 18.2 Å². The first-order valence-electron chi connectivity index (χ1n) is 5.14. The Hall–Kier alpha value is -1.37. The summed E-state index contributed by atoms with van der Waals surface area (Å²) >= 11 is 0. The van der Waals surface area contributed by atoms with Crippen LogP contribution in [0.3, 0.4) is 0 Å². The van der Waals surface area contributed by atoms with Crippen LogP contribution in [0.1, 0.15) is 18.4 Å². The Morgan fingerprint density at radius 2 is 1.93 bits per heavy atom. The molecule has 1 heteroatoms. The average Bonchev–Trinajstić information content (AvgIpc) is 2.77. The monoisotopic (exact) mass is 184 g/mol. The Balaban J connectivity index is 2.02. The third-order valence-electron chi connectivity index (χ3n) is 3.29. The Bertz CT molecular complexity index is 403. The Morgan fingerprint density at radius 1 is 1.14 bits per heavy atom. The number of allylic oxidation sites excluding steroid dienone is 2. The van der Waals surface area contributed by atoms with E-state index in [-0.39, 0.29) is 5.92 Å². The van der Waals surface area contributed by atoms with Crippen LogP contribution in [0.15, 0.2) is 36.4 Å². The van der Waals surface area contributed by atoms with E-state index in [0.717, 1.165) is 12.8 Å². The average molecular weight is 184 g/mol. The predicted octanol–water partition coefficient (Wildman–Crippen LogP) is 2.68. The van der Waals surface area contributed by atoms with E-state index in [1.54, 1.807) is 0 Å². The minimum absolute atomic E-state index is 0.211. The van der Waals surface area contributed by atoms with Gasteiger partial charge in [-0.15, -0.1) is 0 Å². The highest BCUT2D eigenvalue weighted by atomic mass is 16.1. The zero-order valence-corrected chi connectivity index (χ0v) is 7.94. The molecule has 1 aromatic carbocycles. The Labute approximate surface area is 83.4 Å². The third kappa shape index (κ3) is 1.05. The zero-order valence-electron chi connectivity index (χ0n) is 7.94. The maximum Gasteiger partial charge on any atom is 0.140 e. The highest BCUT2D eigenvalue weighted by Gasteiger charge is 2.39. The molecule has 70 valence electrons. The molecular formula is C13H12O. The lowest BCUT2D eigenvalue weighted by Crippen LogP contribution is -2.09. The van der Waals surface area contributed by atoms with Gasteiger partial charge < -0.3 is 0 Å². The van der Waals surface area contributed by atoms with Crippen molar-refractivity contribution in [2.24, 2.45) is 11.8 Å². The smallest absolute Gasteiger partial charge is 0.140 e. The first kappa shape index (κ1) is 7.98. The van der Waals surface area contributed by atoms with E-state index in [1.165, 1.54) is 11.1 Å². The number of rotatable bonds is 1. The maximum atomic E-state index is 11.6. The molecule has 3 rings (SSSR count). The van der Waals surface area contributed by atoms with Gasteiger partial charge in [0.1, 0.15) is 5.78 Å². The number of fused-ring (bicyclic) bond motifs is 2. The molecule has 2 aliphatic carbocycles. The van der Waals surface area contributed by atoms with E-state index in [4.69, 9.17) is 0 Å². The fraction of sp³-hybridized carbons (Fsp3) is 0.308. The molecule has 1 fully saturated rings. The number of carbonyl (C=O) groups excluding carboxylic acids is 1. The zero-order chi connectivity index (χ0) is 9.54. The van der Waals surface area contributed by atoms with Crippen molar-refractivity contribution in [3.8, 4) is 0 Å². The maximum absolute atomic E-state index is 11.6. The topological polar surface area (TPSA) is 17.1 Å². The second-order valence-corrected chi connectivity index (χ2v) is 4.21. The first-order valence-corrected chi connectivity index (χ1v) is 5.14. The lowest BCUT2D eigenvalue weighted by Gasteiger charge is -2.12. The van der Waals surface area contributed by atoms with Crippen LogP contribution in [0.2, 0.25) is 0 Å². The molecule has 1 aromatic rings. The molecule has 0 aliphatic heterocycles. The van der Waals surface area contributed by atoms with Gasteiger partial charge in [-0.3, -0.25) is 4.79 Å². The van der Waals surface area contributed by atoms with E-state index < -0.39 is 0 Å². The summed E-state index contributed by atoms with van der Waals surface area (Å²) in [5.74, 6) is 1.18. The Morgan fingerprint density at radius 3 is 2.57 bits per heavy atom. The number of hydrogen-bond acceptors (Lipinski definition) is 1. The summed E-state index contributed by atoms with van der Waals surface area (Å²) in [6.07, 6.45) is 4.13. The molecule has 2 bridgehead atoms. The van der Waals surface area contributed by atoms with Gasteiger partial charge in [0.05, 0.1) is 0 Å². The van der Waals surface area contributed by atoms with Crippen LogP contribution in [-0.2, 0) is 4.79 Å². The van der Waals surface area contributed by atoms with Gasteiger partial charge in [0.2, 0.25) is 0 Å². The fourth-order valence-corrected chi connectivity index (χ4v) is 2.64. The van der Waals surface area contributed by atoms with Gasteiger partial charge in [0.15, 0.2) is 0 Å². The number of carbonyl (C=O) groups is 1. The van der Waals surface area contributed by atoms with Crippen molar-refractivity contribution in [2.75, 3.05) is 0 Å². The van der Waals surface area contributed by atoms with Crippen LogP contribution >= 0.6 is 0 Å². The van der Waals surface area contributed by atoms with Crippen LogP contribution in [0.4, 0.5) is 0 Å². The molecular weight excluding hydrogens is 172 g/mol. The van der Waals surface area contributed by atoms with Crippen molar-refractivity contribution < 1.29 is 4.79 Å². The number of Topliss-reactive ketones (excluding diaryl/α,β-unsaturated/α-hetero) is 1. The van der Waals surface area contributed by atoms with Crippen molar-refractivity contribution in [3.05, 3.63) is 42.0 Å². The molecule has 2 atom stereocenters. The fourth-order valence-electron chi connectivity index (χ4n) is 2.64. The van der Waals surface area contributed by atoms with Gasteiger partial charge in [-0.2, -0.15) is 0 Å². The summed E-state index contributed by atoms with van der Waals surface area (Å²) in [6.45, 7) is 0. The third-order valence-corrected chi connectivity index (χ3v) is 3.29. The Kier molecular flexibility index (Phi) is 1.60. The van der Waals surface area contributed by atoms with Gasteiger partial charge >= 0.3 is 0 Å². The van der Waals surface area contributed by atoms with Crippen LogP contribution in [0, 0.1) is 11.8 Å². The number of benzene rings is 1. The molecule has 2 aliphatic rings. The summed E-state index contributed by atoms with van der Waals surface area (Å²) in [7, 11) is 0. The van der Waals surface area contributed by atoms with Gasteiger partial charge in [-0.1, -0.05) is 36.4 Å². The SMILES string of the molecule is O=C1CC2C=C(c3ccccc3)C1C2. The molecule has 1 saturated carbocycles. The van der Waals surface area contributed by atoms with E-state index >= 15 is 0 Å². The standard InChI is InChI=1S/C13H12O/c14-13-8-9-6-11(12(13)7-9)10-4-2-1-3-5-10/h1-6,9,12H,7-8H2. The highest BCUT2D eigenvalue weighted by Crippen LogP contribution is 2.45. The van der Waals surface area contributed by atoms with E-state index in [9.17, 15) is 4.79 Å². The normalized spacial score (nSPS) is 29.4. The molecule has 2 unspecified atom stereocenters. The molecule has 0 spiro atoms. The van der Waals surface area contributed by atoms with Crippen LogP contribution in [0.5, 0.6) is 0 Å². The summed E-state index contributed by atoms with van der Waals surface area (Å²) in [6, 6.07) is 10.3. The molecule has 0 amide bonds. The van der Waals surface area contributed by atoms with Crippen molar-refractivity contribution in [1.29, 1.82) is 0 Å². The highest BCUT2D eigenvalue weighted by molar-refractivity contribution is 5.98. The first-order chi connectivity index (χ1) is 6.84. The van der Waals surface area contributed by atoms with Crippen molar-refractivity contribution in [1.82, 2.24) is 0 Å².